The highest BCUT2D eigenvalue weighted by Gasteiger charge is 2.16. The fourth-order valence-electron chi connectivity index (χ4n) is 1.21. The lowest BCUT2D eigenvalue weighted by atomic mass is 10.1. The Morgan fingerprint density at radius 3 is 2.22 bits per heavy atom. The molecule has 0 bridgehead atoms. The van der Waals surface area contributed by atoms with Crippen molar-refractivity contribution in [1.82, 2.24) is 5.32 Å². The fourth-order valence-corrected chi connectivity index (χ4v) is 1.38. The van der Waals surface area contributed by atoms with Crippen molar-refractivity contribution in [3.8, 4) is 0 Å². The minimum Gasteiger partial charge on any atom is -0.351 e. The van der Waals surface area contributed by atoms with E-state index in [1.54, 1.807) is 0 Å². The minimum absolute atomic E-state index is 0.0524. The number of benzene rings is 1. The van der Waals surface area contributed by atoms with Gasteiger partial charge in [0.05, 0.1) is 0 Å². The van der Waals surface area contributed by atoms with Gasteiger partial charge < -0.3 is 5.32 Å². The van der Waals surface area contributed by atoms with E-state index >= 15 is 0 Å². The van der Waals surface area contributed by atoms with Gasteiger partial charge in [-0.3, -0.25) is 4.79 Å². The number of carbonyl (C=O) groups is 1. The number of rotatable bonds is 4. The van der Waals surface area contributed by atoms with Crippen LogP contribution in [-0.2, 0) is 0 Å². The summed E-state index contributed by atoms with van der Waals surface area (Å²) in [6.07, 6.45) is 0. The summed E-state index contributed by atoms with van der Waals surface area (Å²) in [6, 6.07) is 1.35. The number of hydrogen-bond donors (Lipinski definition) is 1. The van der Waals surface area contributed by atoms with Gasteiger partial charge in [-0.1, -0.05) is 29.8 Å². The summed E-state index contributed by atoms with van der Waals surface area (Å²) in [5.41, 5.74) is -0.241. The molecule has 0 aromatic heterocycles. The Labute approximate surface area is 112 Å². The van der Waals surface area contributed by atoms with Crippen LogP contribution in [0.5, 0.6) is 0 Å². The average molecular weight is 324 g/mol. The third-order valence-corrected chi connectivity index (χ3v) is 3.81. The second-order valence-electron chi connectivity index (χ2n) is 4.22. The molecule has 100 valence electrons. The summed E-state index contributed by atoms with van der Waals surface area (Å²) in [4.78, 5) is 11.7. The number of amides is 1. The molecule has 0 heterocycles. The van der Waals surface area contributed by atoms with Gasteiger partial charge in [0.25, 0.3) is 5.91 Å². The minimum atomic E-state index is -1.58. The van der Waals surface area contributed by atoms with E-state index in [0.717, 1.165) is 0 Å². The zero-order valence-corrected chi connectivity index (χ0v) is 11.5. The molecule has 0 radical (unpaired) electrons. The maximum Gasteiger partial charge on any atom is 0.251 e. The molecule has 1 atom stereocenters. The SMILES string of the molecule is CC(C)C(Br)CNC(=O)c1cc(F)c(F)c(F)c1. The second kappa shape index (κ2) is 6.22. The van der Waals surface area contributed by atoms with Crippen molar-refractivity contribution < 1.29 is 18.0 Å². The molecule has 18 heavy (non-hydrogen) atoms. The average Bonchev–Trinajstić information content (AvgIpc) is 2.31. The van der Waals surface area contributed by atoms with E-state index in [1.165, 1.54) is 0 Å². The van der Waals surface area contributed by atoms with Gasteiger partial charge in [0.2, 0.25) is 0 Å². The Morgan fingerprint density at radius 2 is 1.78 bits per heavy atom. The molecule has 0 saturated carbocycles. The Kier molecular flexibility index (Phi) is 5.19. The van der Waals surface area contributed by atoms with E-state index in [4.69, 9.17) is 0 Å². The van der Waals surface area contributed by atoms with Crippen molar-refractivity contribution >= 4 is 21.8 Å². The van der Waals surface area contributed by atoms with E-state index in [-0.39, 0.29) is 10.4 Å². The molecule has 0 aliphatic carbocycles. The first-order chi connectivity index (χ1) is 8.32. The maximum atomic E-state index is 12.9. The molecule has 1 aromatic rings. The number of halogens is 4. The van der Waals surface area contributed by atoms with Crippen LogP contribution in [0.25, 0.3) is 0 Å². The first-order valence-corrected chi connectivity index (χ1v) is 6.31. The normalized spacial score (nSPS) is 12.6. The van der Waals surface area contributed by atoms with Crippen LogP contribution in [0, 0.1) is 23.4 Å². The quantitative estimate of drug-likeness (QED) is 0.668. The smallest absolute Gasteiger partial charge is 0.251 e. The summed E-state index contributed by atoms with van der Waals surface area (Å²) >= 11 is 3.36. The van der Waals surface area contributed by atoms with Crippen LogP contribution < -0.4 is 5.32 Å². The van der Waals surface area contributed by atoms with Crippen LogP contribution in [0.15, 0.2) is 12.1 Å². The van der Waals surface area contributed by atoms with Crippen LogP contribution in [-0.4, -0.2) is 17.3 Å². The lowest BCUT2D eigenvalue weighted by molar-refractivity contribution is 0.0951. The largest absolute Gasteiger partial charge is 0.351 e. The van der Waals surface area contributed by atoms with Crippen molar-refractivity contribution in [3.05, 3.63) is 35.1 Å². The summed E-state index contributed by atoms with van der Waals surface area (Å²) in [7, 11) is 0. The van der Waals surface area contributed by atoms with Crippen LogP contribution in [0.4, 0.5) is 13.2 Å². The molecule has 1 amide bonds. The highest BCUT2D eigenvalue weighted by molar-refractivity contribution is 9.09. The van der Waals surface area contributed by atoms with E-state index < -0.39 is 23.4 Å². The van der Waals surface area contributed by atoms with Crippen molar-refractivity contribution in [1.29, 1.82) is 0 Å². The third-order valence-electron chi connectivity index (χ3n) is 2.43. The number of alkyl halides is 1. The molecular formula is C12H13BrF3NO. The molecule has 6 heteroatoms. The summed E-state index contributed by atoms with van der Waals surface area (Å²) in [5.74, 6) is -4.67. The molecule has 1 N–H and O–H groups in total. The van der Waals surface area contributed by atoms with Gasteiger partial charge in [-0.05, 0) is 18.1 Å². The van der Waals surface area contributed by atoms with Gasteiger partial charge in [-0.2, -0.15) is 0 Å². The first-order valence-electron chi connectivity index (χ1n) is 5.39. The maximum absolute atomic E-state index is 12.9. The molecule has 1 rings (SSSR count). The van der Waals surface area contributed by atoms with Crippen LogP contribution in [0.2, 0.25) is 0 Å². The summed E-state index contributed by atoms with van der Waals surface area (Å²) in [5, 5.41) is 2.51. The molecule has 0 saturated heterocycles. The predicted molar refractivity (Wildman–Crippen MR) is 66.2 cm³/mol. The first kappa shape index (κ1) is 15.0. The van der Waals surface area contributed by atoms with E-state index in [9.17, 15) is 18.0 Å². The van der Waals surface area contributed by atoms with E-state index in [1.807, 2.05) is 13.8 Å². The van der Waals surface area contributed by atoms with E-state index in [2.05, 4.69) is 21.2 Å². The Hall–Kier alpha value is -1.04. The fraction of sp³-hybridized carbons (Fsp3) is 0.417. The van der Waals surface area contributed by atoms with Crippen LogP contribution >= 0.6 is 15.9 Å². The van der Waals surface area contributed by atoms with Crippen LogP contribution in [0.3, 0.4) is 0 Å². The number of hydrogen-bond acceptors (Lipinski definition) is 1. The molecule has 0 spiro atoms. The summed E-state index contributed by atoms with van der Waals surface area (Å²) in [6.45, 7) is 4.24. The van der Waals surface area contributed by atoms with Gasteiger partial charge in [-0.25, -0.2) is 13.2 Å². The van der Waals surface area contributed by atoms with Crippen molar-refractivity contribution in [2.75, 3.05) is 6.54 Å². The Bertz CT molecular complexity index is 428. The highest BCUT2D eigenvalue weighted by atomic mass is 79.9. The van der Waals surface area contributed by atoms with Gasteiger partial charge >= 0.3 is 0 Å². The number of nitrogens with one attached hydrogen (secondary N) is 1. The second-order valence-corrected chi connectivity index (χ2v) is 5.40. The predicted octanol–water partition coefficient (Wildman–Crippen LogP) is 3.25. The Morgan fingerprint density at radius 1 is 1.28 bits per heavy atom. The zero-order chi connectivity index (χ0) is 13.9. The molecule has 1 aromatic carbocycles. The topological polar surface area (TPSA) is 29.1 Å². The standard InChI is InChI=1S/C12H13BrF3NO/c1-6(2)8(13)5-17-12(18)7-3-9(14)11(16)10(15)4-7/h3-4,6,8H,5H2,1-2H3,(H,17,18). The third kappa shape index (κ3) is 3.73. The van der Waals surface area contributed by atoms with Gasteiger partial charge in [0.1, 0.15) is 0 Å². The number of carbonyl (C=O) groups excluding carboxylic acids is 1. The molecule has 1 unspecified atom stereocenters. The monoisotopic (exact) mass is 323 g/mol. The van der Waals surface area contributed by atoms with Gasteiger partial charge in [0.15, 0.2) is 17.5 Å². The van der Waals surface area contributed by atoms with E-state index in [0.29, 0.717) is 24.6 Å². The van der Waals surface area contributed by atoms with Gasteiger partial charge in [-0.15, -0.1) is 0 Å². The van der Waals surface area contributed by atoms with Crippen molar-refractivity contribution in [3.63, 3.8) is 0 Å². The van der Waals surface area contributed by atoms with Crippen molar-refractivity contribution in [2.24, 2.45) is 5.92 Å². The molecule has 0 aliphatic heterocycles. The van der Waals surface area contributed by atoms with Gasteiger partial charge in [0, 0.05) is 16.9 Å². The highest BCUT2D eigenvalue weighted by Crippen LogP contribution is 2.14. The molecule has 2 nitrogen and oxygen atoms in total. The van der Waals surface area contributed by atoms with Crippen molar-refractivity contribution in [2.45, 2.75) is 18.7 Å². The zero-order valence-electron chi connectivity index (χ0n) is 9.94. The molecule has 0 fully saturated rings. The molecular weight excluding hydrogens is 311 g/mol. The summed E-state index contributed by atoms with van der Waals surface area (Å²) < 4.78 is 38.6. The lowest BCUT2D eigenvalue weighted by Gasteiger charge is -2.14. The lowest BCUT2D eigenvalue weighted by Crippen LogP contribution is -2.31. The Balaban J connectivity index is 2.73. The van der Waals surface area contributed by atoms with Crippen LogP contribution in [0.1, 0.15) is 24.2 Å². The molecule has 0 aliphatic rings.